The molecule has 2 N–H and O–H groups in total. The predicted octanol–water partition coefficient (Wildman–Crippen LogP) is 6.23. The van der Waals surface area contributed by atoms with E-state index in [4.69, 9.17) is 4.74 Å². The van der Waals surface area contributed by atoms with Crippen LogP contribution in [0.3, 0.4) is 0 Å². The molecule has 3 nitrogen and oxygen atoms in total. The van der Waals surface area contributed by atoms with E-state index >= 15 is 0 Å². The Morgan fingerprint density at radius 2 is 0.710 bits per heavy atom. The van der Waals surface area contributed by atoms with E-state index in [2.05, 4.69) is 48.5 Å². The van der Waals surface area contributed by atoms with Crippen molar-refractivity contribution in [3.8, 4) is 33.8 Å². The van der Waals surface area contributed by atoms with Gasteiger partial charge in [-0.25, -0.2) is 0 Å². The van der Waals surface area contributed by atoms with Crippen molar-refractivity contribution in [3.05, 3.63) is 108 Å². The van der Waals surface area contributed by atoms with Crippen LogP contribution in [-0.4, -0.2) is 23.4 Å². The third kappa shape index (κ3) is 5.74. The second kappa shape index (κ2) is 9.96. The van der Waals surface area contributed by atoms with Crippen LogP contribution < -0.4 is 0 Å². The number of benzene rings is 4. The second-order valence-corrected chi connectivity index (χ2v) is 7.60. The molecule has 0 saturated carbocycles. The summed E-state index contributed by atoms with van der Waals surface area (Å²) in [7, 11) is 0. The molecule has 0 spiro atoms. The fraction of sp³-hybridized carbons (Fsp3) is 0.143. The van der Waals surface area contributed by atoms with Crippen LogP contribution >= 0.6 is 0 Å². The molecule has 0 heterocycles. The third-order valence-corrected chi connectivity index (χ3v) is 5.38. The first-order valence-electron chi connectivity index (χ1n) is 10.5. The Morgan fingerprint density at radius 3 is 1.03 bits per heavy atom. The quantitative estimate of drug-likeness (QED) is 0.338. The minimum atomic E-state index is 0.283. The van der Waals surface area contributed by atoms with Crippen molar-refractivity contribution in [2.24, 2.45) is 0 Å². The van der Waals surface area contributed by atoms with E-state index in [0.29, 0.717) is 13.2 Å². The molecule has 0 amide bonds. The molecule has 31 heavy (non-hydrogen) atoms. The van der Waals surface area contributed by atoms with Gasteiger partial charge in [0.2, 0.25) is 0 Å². The average Bonchev–Trinajstić information content (AvgIpc) is 2.81. The van der Waals surface area contributed by atoms with Gasteiger partial charge in [0.25, 0.3) is 0 Å². The largest absolute Gasteiger partial charge is 0.508 e. The number of hydrogen-bond donors (Lipinski definition) is 2. The molecule has 0 aliphatic rings. The Bertz CT molecular complexity index is 990. The molecule has 4 rings (SSSR count). The van der Waals surface area contributed by atoms with Gasteiger partial charge in [0.05, 0.1) is 13.2 Å². The number of ether oxygens (including phenoxy) is 1. The summed E-state index contributed by atoms with van der Waals surface area (Å²) in [6, 6.07) is 31.5. The maximum absolute atomic E-state index is 9.41. The lowest BCUT2D eigenvalue weighted by molar-refractivity contribution is 0.140. The lowest BCUT2D eigenvalue weighted by atomic mass is 10.0. The number of rotatable bonds is 8. The standard InChI is InChI=1S/C28H26O3/c29-27-13-9-25(10-14-27)23-5-1-21(2-6-23)17-19-31-20-18-22-3-7-24(8-4-22)26-11-15-28(30)16-12-26/h1-16,29-30H,17-20H2. The molecular weight excluding hydrogens is 384 g/mol. The van der Waals surface area contributed by atoms with Gasteiger partial charge in [0.15, 0.2) is 0 Å². The van der Waals surface area contributed by atoms with Crippen molar-refractivity contribution in [3.63, 3.8) is 0 Å². The summed E-state index contributed by atoms with van der Waals surface area (Å²) in [5, 5.41) is 18.8. The normalized spacial score (nSPS) is 10.8. The Hall–Kier alpha value is -3.56. The number of phenolic OH excluding ortho intramolecular Hbond substituents is 2. The van der Waals surface area contributed by atoms with Crippen molar-refractivity contribution in [1.29, 1.82) is 0 Å². The summed E-state index contributed by atoms with van der Waals surface area (Å²) in [6.45, 7) is 1.40. The molecule has 0 aromatic heterocycles. The maximum atomic E-state index is 9.41. The van der Waals surface area contributed by atoms with Gasteiger partial charge in [0, 0.05) is 0 Å². The van der Waals surface area contributed by atoms with Gasteiger partial charge in [-0.3, -0.25) is 0 Å². The summed E-state index contributed by atoms with van der Waals surface area (Å²) in [6.07, 6.45) is 1.77. The zero-order chi connectivity index (χ0) is 21.5. The molecule has 0 aliphatic carbocycles. The van der Waals surface area contributed by atoms with Gasteiger partial charge < -0.3 is 14.9 Å². The van der Waals surface area contributed by atoms with E-state index < -0.39 is 0 Å². The molecule has 4 aromatic carbocycles. The van der Waals surface area contributed by atoms with Crippen molar-refractivity contribution in [2.45, 2.75) is 12.8 Å². The average molecular weight is 411 g/mol. The molecule has 0 atom stereocenters. The fourth-order valence-electron chi connectivity index (χ4n) is 3.52. The summed E-state index contributed by atoms with van der Waals surface area (Å²) >= 11 is 0. The van der Waals surface area contributed by atoms with E-state index in [1.54, 1.807) is 24.3 Å². The van der Waals surface area contributed by atoms with Gasteiger partial charge in [-0.2, -0.15) is 0 Å². The van der Waals surface area contributed by atoms with Crippen LogP contribution in [0.15, 0.2) is 97.1 Å². The SMILES string of the molecule is Oc1ccc(-c2ccc(CCOCCc3ccc(-c4ccc(O)cc4)cc3)cc2)cc1. The van der Waals surface area contributed by atoms with Crippen LogP contribution in [-0.2, 0) is 17.6 Å². The second-order valence-electron chi connectivity index (χ2n) is 7.60. The van der Waals surface area contributed by atoms with Crippen molar-refractivity contribution >= 4 is 0 Å². The van der Waals surface area contributed by atoms with Crippen molar-refractivity contribution < 1.29 is 14.9 Å². The molecule has 4 aromatic rings. The van der Waals surface area contributed by atoms with Crippen molar-refractivity contribution in [2.75, 3.05) is 13.2 Å². The lowest BCUT2D eigenvalue weighted by Crippen LogP contribution is -2.03. The Morgan fingerprint density at radius 1 is 0.419 bits per heavy atom. The third-order valence-electron chi connectivity index (χ3n) is 5.38. The van der Waals surface area contributed by atoms with Crippen LogP contribution in [0.2, 0.25) is 0 Å². The highest BCUT2D eigenvalue weighted by molar-refractivity contribution is 5.65. The fourth-order valence-corrected chi connectivity index (χ4v) is 3.52. The minimum Gasteiger partial charge on any atom is -0.508 e. The summed E-state index contributed by atoms with van der Waals surface area (Å²) in [5.74, 6) is 0.566. The molecule has 0 radical (unpaired) electrons. The molecule has 0 unspecified atom stereocenters. The summed E-state index contributed by atoms with van der Waals surface area (Å²) in [5.41, 5.74) is 6.97. The zero-order valence-corrected chi connectivity index (χ0v) is 17.4. The lowest BCUT2D eigenvalue weighted by Gasteiger charge is -2.07. The Labute approximate surface area is 183 Å². The van der Waals surface area contributed by atoms with Crippen molar-refractivity contribution in [1.82, 2.24) is 0 Å². The molecule has 0 bridgehead atoms. The molecule has 156 valence electrons. The molecular formula is C28H26O3. The highest BCUT2D eigenvalue weighted by Gasteiger charge is 2.01. The maximum Gasteiger partial charge on any atom is 0.115 e. The van der Waals surface area contributed by atoms with E-state index in [1.165, 1.54) is 11.1 Å². The first-order valence-corrected chi connectivity index (χ1v) is 10.5. The van der Waals surface area contributed by atoms with E-state index in [0.717, 1.165) is 35.1 Å². The monoisotopic (exact) mass is 410 g/mol. The number of hydrogen-bond acceptors (Lipinski definition) is 3. The number of aromatic hydroxyl groups is 2. The zero-order valence-electron chi connectivity index (χ0n) is 17.4. The predicted molar refractivity (Wildman–Crippen MR) is 125 cm³/mol. The minimum absolute atomic E-state index is 0.283. The molecule has 3 heteroatoms. The first-order chi connectivity index (χ1) is 15.2. The number of phenols is 2. The highest BCUT2D eigenvalue weighted by atomic mass is 16.5. The van der Waals surface area contributed by atoms with Crippen LogP contribution in [0.4, 0.5) is 0 Å². The summed E-state index contributed by atoms with van der Waals surface area (Å²) in [4.78, 5) is 0. The van der Waals surface area contributed by atoms with Gasteiger partial charge in [-0.15, -0.1) is 0 Å². The highest BCUT2D eigenvalue weighted by Crippen LogP contribution is 2.23. The molecule has 0 fully saturated rings. The van der Waals surface area contributed by atoms with E-state index in [9.17, 15) is 10.2 Å². The van der Waals surface area contributed by atoms with Gasteiger partial charge in [-0.05, 0) is 70.5 Å². The Balaban J connectivity index is 1.20. The smallest absolute Gasteiger partial charge is 0.115 e. The van der Waals surface area contributed by atoms with Gasteiger partial charge in [-0.1, -0.05) is 72.8 Å². The van der Waals surface area contributed by atoms with E-state index in [-0.39, 0.29) is 11.5 Å². The van der Waals surface area contributed by atoms with Gasteiger partial charge in [0.1, 0.15) is 11.5 Å². The first kappa shape index (κ1) is 20.7. The molecule has 0 aliphatic heterocycles. The topological polar surface area (TPSA) is 49.7 Å². The summed E-state index contributed by atoms with van der Waals surface area (Å²) < 4.78 is 5.84. The van der Waals surface area contributed by atoms with Crippen LogP contribution in [0.25, 0.3) is 22.3 Å². The van der Waals surface area contributed by atoms with E-state index in [1.807, 2.05) is 24.3 Å². The van der Waals surface area contributed by atoms with Gasteiger partial charge >= 0.3 is 0 Å². The Kier molecular flexibility index (Phi) is 6.65. The van der Waals surface area contributed by atoms with Crippen LogP contribution in [0.1, 0.15) is 11.1 Å². The molecule has 0 saturated heterocycles. The van der Waals surface area contributed by atoms with Crippen LogP contribution in [0.5, 0.6) is 11.5 Å². The van der Waals surface area contributed by atoms with Crippen LogP contribution in [0, 0.1) is 0 Å².